The fourth-order valence-electron chi connectivity index (χ4n) is 3.33. The lowest BCUT2D eigenvalue weighted by molar-refractivity contribution is -0.121. The molecule has 0 atom stereocenters. The predicted molar refractivity (Wildman–Crippen MR) is 121 cm³/mol. The van der Waals surface area contributed by atoms with Gasteiger partial charge in [-0.3, -0.25) is 9.79 Å². The zero-order chi connectivity index (χ0) is 18.8. The van der Waals surface area contributed by atoms with Crippen molar-refractivity contribution in [1.29, 1.82) is 0 Å². The Morgan fingerprint density at radius 2 is 1.89 bits per heavy atom. The van der Waals surface area contributed by atoms with E-state index in [1.807, 2.05) is 13.0 Å². The molecule has 0 heterocycles. The lowest BCUT2D eigenvalue weighted by Crippen LogP contribution is -2.41. The maximum absolute atomic E-state index is 11.9. The SMILES string of the molecule is CN=C(NCCNC(=O)CC1CCCC1)NCc1ccc(C)cc1OC.I. The van der Waals surface area contributed by atoms with Gasteiger partial charge in [-0.05, 0) is 37.3 Å². The lowest BCUT2D eigenvalue weighted by atomic mass is 10.0. The van der Waals surface area contributed by atoms with Crippen LogP contribution < -0.4 is 20.7 Å². The molecule has 1 amide bonds. The second-order valence-corrected chi connectivity index (χ2v) is 6.87. The van der Waals surface area contributed by atoms with Crippen LogP contribution in [0.2, 0.25) is 0 Å². The molecule has 0 spiro atoms. The summed E-state index contributed by atoms with van der Waals surface area (Å²) >= 11 is 0. The van der Waals surface area contributed by atoms with Crippen LogP contribution in [-0.4, -0.2) is 39.1 Å². The first-order chi connectivity index (χ1) is 12.6. The Hall–Kier alpha value is -1.51. The number of hydrogen-bond donors (Lipinski definition) is 3. The second kappa shape index (κ2) is 12.8. The summed E-state index contributed by atoms with van der Waals surface area (Å²) < 4.78 is 5.42. The van der Waals surface area contributed by atoms with Crippen molar-refractivity contribution in [3.8, 4) is 5.75 Å². The summed E-state index contributed by atoms with van der Waals surface area (Å²) in [6.45, 7) is 3.90. The Morgan fingerprint density at radius 1 is 1.19 bits per heavy atom. The Balaban J connectivity index is 0.00000364. The summed E-state index contributed by atoms with van der Waals surface area (Å²) in [4.78, 5) is 16.1. The third kappa shape index (κ3) is 8.36. The maximum atomic E-state index is 11.9. The minimum Gasteiger partial charge on any atom is -0.496 e. The number of ether oxygens (including phenoxy) is 1. The van der Waals surface area contributed by atoms with Gasteiger partial charge in [0.05, 0.1) is 7.11 Å². The molecular formula is C20H33IN4O2. The summed E-state index contributed by atoms with van der Waals surface area (Å²) in [7, 11) is 3.42. The molecule has 0 aliphatic heterocycles. The number of nitrogens with zero attached hydrogens (tertiary/aromatic N) is 1. The normalized spacial score (nSPS) is 14.4. The molecule has 0 saturated heterocycles. The first kappa shape index (κ1) is 23.5. The number of carbonyl (C=O) groups is 1. The number of aliphatic imine (C=N–C) groups is 1. The van der Waals surface area contributed by atoms with Gasteiger partial charge in [-0.15, -0.1) is 24.0 Å². The van der Waals surface area contributed by atoms with E-state index in [0.29, 0.717) is 37.9 Å². The topological polar surface area (TPSA) is 74.8 Å². The van der Waals surface area contributed by atoms with Gasteiger partial charge in [-0.25, -0.2) is 0 Å². The van der Waals surface area contributed by atoms with Crippen molar-refractivity contribution in [2.24, 2.45) is 10.9 Å². The highest BCUT2D eigenvalue weighted by atomic mass is 127. The van der Waals surface area contributed by atoms with Crippen LogP contribution in [-0.2, 0) is 11.3 Å². The van der Waals surface area contributed by atoms with E-state index in [4.69, 9.17) is 4.74 Å². The molecule has 0 bridgehead atoms. The Bertz CT molecular complexity index is 616. The zero-order valence-corrected chi connectivity index (χ0v) is 19.0. The van der Waals surface area contributed by atoms with E-state index in [2.05, 4.69) is 33.1 Å². The first-order valence-corrected chi connectivity index (χ1v) is 9.47. The van der Waals surface area contributed by atoms with Crippen LogP contribution in [0.15, 0.2) is 23.2 Å². The Morgan fingerprint density at radius 3 is 2.56 bits per heavy atom. The number of methoxy groups -OCH3 is 1. The molecule has 27 heavy (non-hydrogen) atoms. The van der Waals surface area contributed by atoms with Gasteiger partial charge in [0.1, 0.15) is 5.75 Å². The summed E-state index contributed by atoms with van der Waals surface area (Å²) in [5.74, 6) is 2.32. The highest BCUT2D eigenvalue weighted by Gasteiger charge is 2.17. The van der Waals surface area contributed by atoms with Gasteiger partial charge in [0.2, 0.25) is 5.91 Å². The molecule has 0 radical (unpaired) electrons. The largest absolute Gasteiger partial charge is 0.496 e. The molecule has 1 aliphatic rings. The van der Waals surface area contributed by atoms with Crippen molar-refractivity contribution < 1.29 is 9.53 Å². The molecule has 7 heteroatoms. The number of rotatable bonds is 8. The van der Waals surface area contributed by atoms with E-state index in [1.54, 1.807) is 14.2 Å². The molecule has 1 fully saturated rings. The minimum absolute atomic E-state index is 0. The van der Waals surface area contributed by atoms with E-state index in [9.17, 15) is 4.79 Å². The van der Waals surface area contributed by atoms with Crippen LogP contribution in [0, 0.1) is 12.8 Å². The minimum atomic E-state index is 0. The highest BCUT2D eigenvalue weighted by Crippen LogP contribution is 2.27. The maximum Gasteiger partial charge on any atom is 0.220 e. The molecule has 1 aliphatic carbocycles. The number of benzene rings is 1. The number of halogens is 1. The summed E-state index contributed by atoms with van der Waals surface area (Å²) in [5.41, 5.74) is 2.24. The van der Waals surface area contributed by atoms with Crippen molar-refractivity contribution in [2.75, 3.05) is 27.2 Å². The van der Waals surface area contributed by atoms with E-state index < -0.39 is 0 Å². The smallest absolute Gasteiger partial charge is 0.220 e. The van der Waals surface area contributed by atoms with Crippen molar-refractivity contribution >= 4 is 35.8 Å². The van der Waals surface area contributed by atoms with Crippen LogP contribution in [0.4, 0.5) is 0 Å². The van der Waals surface area contributed by atoms with E-state index >= 15 is 0 Å². The van der Waals surface area contributed by atoms with Crippen LogP contribution in [0.1, 0.15) is 43.2 Å². The zero-order valence-electron chi connectivity index (χ0n) is 16.6. The molecular weight excluding hydrogens is 455 g/mol. The van der Waals surface area contributed by atoms with E-state index in [0.717, 1.165) is 11.3 Å². The number of aryl methyl sites for hydroxylation is 1. The molecule has 6 nitrogen and oxygen atoms in total. The van der Waals surface area contributed by atoms with Crippen LogP contribution >= 0.6 is 24.0 Å². The number of amides is 1. The third-order valence-corrected chi connectivity index (χ3v) is 4.80. The van der Waals surface area contributed by atoms with Crippen LogP contribution in [0.3, 0.4) is 0 Å². The van der Waals surface area contributed by atoms with Crippen molar-refractivity contribution in [3.05, 3.63) is 29.3 Å². The lowest BCUT2D eigenvalue weighted by Gasteiger charge is -2.15. The molecule has 2 rings (SSSR count). The average molecular weight is 488 g/mol. The average Bonchev–Trinajstić information content (AvgIpc) is 3.14. The predicted octanol–water partition coefficient (Wildman–Crippen LogP) is 2.98. The summed E-state index contributed by atoms with van der Waals surface area (Å²) in [6.07, 6.45) is 5.61. The number of hydrogen-bond acceptors (Lipinski definition) is 3. The van der Waals surface area contributed by atoms with Gasteiger partial charge < -0.3 is 20.7 Å². The fraction of sp³-hybridized carbons (Fsp3) is 0.600. The Labute approximate surface area is 179 Å². The van der Waals surface area contributed by atoms with Crippen molar-refractivity contribution in [3.63, 3.8) is 0 Å². The van der Waals surface area contributed by atoms with Crippen molar-refractivity contribution in [1.82, 2.24) is 16.0 Å². The first-order valence-electron chi connectivity index (χ1n) is 9.47. The van der Waals surface area contributed by atoms with Gasteiger partial charge >= 0.3 is 0 Å². The number of nitrogens with one attached hydrogen (secondary N) is 3. The molecule has 0 unspecified atom stereocenters. The molecule has 0 aromatic heterocycles. The van der Waals surface area contributed by atoms with Gasteiger partial charge in [0.15, 0.2) is 5.96 Å². The monoisotopic (exact) mass is 488 g/mol. The second-order valence-electron chi connectivity index (χ2n) is 6.87. The molecule has 1 aromatic carbocycles. The Kier molecular flexibility index (Phi) is 11.2. The van der Waals surface area contributed by atoms with Crippen LogP contribution in [0.25, 0.3) is 0 Å². The van der Waals surface area contributed by atoms with Crippen LogP contribution in [0.5, 0.6) is 5.75 Å². The third-order valence-electron chi connectivity index (χ3n) is 4.80. The molecule has 1 aromatic rings. The molecule has 3 N–H and O–H groups in total. The standard InChI is InChI=1S/C20H32N4O2.HI/c1-15-8-9-17(18(12-15)26-3)14-24-20(21-2)23-11-10-22-19(25)13-16-6-4-5-7-16;/h8-9,12,16H,4-7,10-11,13-14H2,1-3H3,(H,22,25)(H2,21,23,24);1H. The van der Waals surface area contributed by atoms with Gasteiger partial charge in [-0.1, -0.05) is 25.0 Å². The quantitative estimate of drug-likeness (QED) is 0.228. The van der Waals surface area contributed by atoms with E-state index in [-0.39, 0.29) is 29.9 Å². The van der Waals surface area contributed by atoms with Crippen molar-refractivity contribution in [2.45, 2.75) is 45.6 Å². The number of guanidine groups is 1. The number of carbonyl (C=O) groups excluding carboxylic acids is 1. The molecule has 1 saturated carbocycles. The summed E-state index contributed by atoms with van der Waals surface area (Å²) in [5, 5.41) is 9.48. The van der Waals surface area contributed by atoms with E-state index in [1.165, 1.54) is 31.2 Å². The molecule has 152 valence electrons. The summed E-state index contributed by atoms with van der Waals surface area (Å²) in [6, 6.07) is 6.14. The van der Waals surface area contributed by atoms with Gasteiger partial charge in [0, 0.05) is 38.7 Å². The highest BCUT2D eigenvalue weighted by molar-refractivity contribution is 14.0. The fourth-order valence-corrected chi connectivity index (χ4v) is 3.33. The van der Waals surface area contributed by atoms with Gasteiger partial charge in [-0.2, -0.15) is 0 Å². The van der Waals surface area contributed by atoms with Gasteiger partial charge in [0.25, 0.3) is 0 Å².